The summed E-state index contributed by atoms with van der Waals surface area (Å²) in [6.07, 6.45) is 3.23. The van der Waals surface area contributed by atoms with Crippen molar-refractivity contribution in [3.05, 3.63) is 30.3 Å². The number of rotatable bonds is 9. The predicted octanol–water partition coefficient (Wildman–Crippen LogP) is 2.47. The molecule has 17 heavy (non-hydrogen) atoms. The maximum Gasteiger partial charge on any atom is 0.119 e. The van der Waals surface area contributed by atoms with Crippen molar-refractivity contribution in [2.24, 2.45) is 0 Å². The Bertz CT molecular complexity index is 277. The van der Waals surface area contributed by atoms with Crippen LogP contribution in [-0.4, -0.2) is 33.4 Å². The van der Waals surface area contributed by atoms with Crippen LogP contribution in [0.25, 0.3) is 0 Å². The van der Waals surface area contributed by atoms with Crippen LogP contribution in [0.5, 0.6) is 5.75 Å². The van der Waals surface area contributed by atoms with E-state index >= 15 is 0 Å². The number of hydrogen-bond acceptors (Lipinski definition) is 3. The average molecular weight is 237 g/mol. The van der Waals surface area contributed by atoms with Gasteiger partial charge in [-0.05, 0) is 38.4 Å². The van der Waals surface area contributed by atoms with Gasteiger partial charge in [0.2, 0.25) is 0 Å². The monoisotopic (exact) mass is 237 g/mol. The smallest absolute Gasteiger partial charge is 0.119 e. The highest BCUT2D eigenvalue weighted by Crippen LogP contribution is 2.09. The second-order valence-electron chi connectivity index (χ2n) is 4.07. The topological polar surface area (TPSA) is 30.5 Å². The highest BCUT2D eigenvalue weighted by molar-refractivity contribution is 5.20. The molecule has 96 valence electrons. The minimum atomic E-state index is 0.523. The fourth-order valence-corrected chi connectivity index (χ4v) is 1.73. The molecule has 3 heteroatoms. The Labute approximate surface area is 104 Å². The Morgan fingerprint density at radius 3 is 2.53 bits per heavy atom. The summed E-state index contributed by atoms with van der Waals surface area (Å²) in [7, 11) is 3.74. The third-order valence-electron chi connectivity index (χ3n) is 2.79. The zero-order valence-electron chi connectivity index (χ0n) is 10.8. The van der Waals surface area contributed by atoms with Crippen LogP contribution in [0.1, 0.15) is 19.3 Å². The van der Waals surface area contributed by atoms with Gasteiger partial charge < -0.3 is 14.8 Å². The third-order valence-corrected chi connectivity index (χ3v) is 2.79. The number of benzene rings is 1. The van der Waals surface area contributed by atoms with Crippen LogP contribution in [0.15, 0.2) is 30.3 Å². The minimum Gasteiger partial charge on any atom is -0.494 e. The maximum absolute atomic E-state index is 5.65. The second-order valence-corrected chi connectivity index (χ2v) is 4.07. The van der Waals surface area contributed by atoms with Gasteiger partial charge in [0.15, 0.2) is 0 Å². The average Bonchev–Trinajstić information content (AvgIpc) is 2.39. The standard InChI is InChI=1S/C14H23NO2/c1-15-13(10-12-16-2)7-6-11-17-14-8-4-3-5-9-14/h3-5,8-9,13,15H,6-7,10-12H2,1-2H3. The SMILES string of the molecule is CNC(CCCOc1ccccc1)CCOC. The Morgan fingerprint density at radius 1 is 1.12 bits per heavy atom. The molecule has 1 N–H and O–H groups in total. The van der Waals surface area contributed by atoms with Crippen molar-refractivity contribution in [3.63, 3.8) is 0 Å². The molecule has 0 bridgehead atoms. The lowest BCUT2D eigenvalue weighted by atomic mass is 10.1. The van der Waals surface area contributed by atoms with Gasteiger partial charge in [0.05, 0.1) is 6.61 Å². The van der Waals surface area contributed by atoms with E-state index in [1.807, 2.05) is 37.4 Å². The molecule has 0 fully saturated rings. The van der Waals surface area contributed by atoms with Crippen molar-refractivity contribution in [2.75, 3.05) is 27.4 Å². The molecule has 1 unspecified atom stereocenters. The van der Waals surface area contributed by atoms with E-state index in [0.29, 0.717) is 6.04 Å². The van der Waals surface area contributed by atoms with Crippen LogP contribution in [0, 0.1) is 0 Å². The predicted molar refractivity (Wildman–Crippen MR) is 70.5 cm³/mol. The molecule has 0 saturated heterocycles. The largest absolute Gasteiger partial charge is 0.494 e. The molecule has 0 aromatic heterocycles. The zero-order valence-corrected chi connectivity index (χ0v) is 10.8. The molecule has 3 nitrogen and oxygen atoms in total. The van der Waals surface area contributed by atoms with Gasteiger partial charge in [-0.25, -0.2) is 0 Å². The quantitative estimate of drug-likeness (QED) is 0.669. The highest BCUT2D eigenvalue weighted by atomic mass is 16.5. The first-order chi connectivity index (χ1) is 8.36. The molecule has 1 aromatic rings. The number of nitrogens with one attached hydrogen (secondary N) is 1. The van der Waals surface area contributed by atoms with Crippen molar-refractivity contribution in [1.82, 2.24) is 5.32 Å². The molecular weight excluding hydrogens is 214 g/mol. The summed E-state index contributed by atoms with van der Waals surface area (Å²) in [5.41, 5.74) is 0. The minimum absolute atomic E-state index is 0.523. The van der Waals surface area contributed by atoms with Gasteiger partial charge in [-0.15, -0.1) is 0 Å². The van der Waals surface area contributed by atoms with Crippen molar-refractivity contribution < 1.29 is 9.47 Å². The number of para-hydroxylation sites is 1. The van der Waals surface area contributed by atoms with Crippen LogP contribution in [-0.2, 0) is 4.74 Å². The molecule has 1 aromatic carbocycles. The van der Waals surface area contributed by atoms with Gasteiger partial charge in [-0.3, -0.25) is 0 Å². The summed E-state index contributed by atoms with van der Waals surface area (Å²) < 4.78 is 10.7. The lowest BCUT2D eigenvalue weighted by Crippen LogP contribution is -2.27. The Morgan fingerprint density at radius 2 is 1.88 bits per heavy atom. The lowest BCUT2D eigenvalue weighted by Gasteiger charge is -2.15. The van der Waals surface area contributed by atoms with Gasteiger partial charge in [-0.1, -0.05) is 18.2 Å². The summed E-state index contributed by atoms with van der Waals surface area (Å²) in [6, 6.07) is 10.5. The molecule has 0 heterocycles. The van der Waals surface area contributed by atoms with Crippen LogP contribution < -0.4 is 10.1 Å². The summed E-state index contributed by atoms with van der Waals surface area (Å²) in [5.74, 6) is 0.949. The van der Waals surface area contributed by atoms with E-state index < -0.39 is 0 Å². The van der Waals surface area contributed by atoms with Crippen LogP contribution in [0.3, 0.4) is 0 Å². The van der Waals surface area contributed by atoms with Gasteiger partial charge in [0.25, 0.3) is 0 Å². The number of ether oxygens (including phenoxy) is 2. The highest BCUT2D eigenvalue weighted by Gasteiger charge is 2.05. The molecule has 0 spiro atoms. The zero-order chi connectivity index (χ0) is 12.3. The molecule has 0 amide bonds. The normalized spacial score (nSPS) is 12.4. The first kappa shape index (κ1) is 14.0. The molecule has 0 radical (unpaired) electrons. The maximum atomic E-state index is 5.65. The van der Waals surface area contributed by atoms with Crippen molar-refractivity contribution in [1.29, 1.82) is 0 Å². The number of hydrogen-bond donors (Lipinski definition) is 1. The molecular formula is C14H23NO2. The van der Waals surface area contributed by atoms with Gasteiger partial charge >= 0.3 is 0 Å². The van der Waals surface area contributed by atoms with E-state index in [9.17, 15) is 0 Å². The fraction of sp³-hybridized carbons (Fsp3) is 0.571. The van der Waals surface area contributed by atoms with E-state index in [1.165, 1.54) is 0 Å². The van der Waals surface area contributed by atoms with Crippen LogP contribution in [0.2, 0.25) is 0 Å². The van der Waals surface area contributed by atoms with Crippen LogP contribution >= 0.6 is 0 Å². The van der Waals surface area contributed by atoms with Gasteiger partial charge in [-0.2, -0.15) is 0 Å². The van der Waals surface area contributed by atoms with Gasteiger partial charge in [0, 0.05) is 19.8 Å². The first-order valence-corrected chi connectivity index (χ1v) is 6.21. The summed E-state index contributed by atoms with van der Waals surface area (Å²) in [4.78, 5) is 0. The summed E-state index contributed by atoms with van der Waals surface area (Å²) in [5, 5.41) is 3.30. The van der Waals surface area contributed by atoms with E-state index in [4.69, 9.17) is 9.47 Å². The Kier molecular flexibility index (Phi) is 7.43. The van der Waals surface area contributed by atoms with E-state index in [-0.39, 0.29) is 0 Å². The summed E-state index contributed by atoms with van der Waals surface area (Å²) in [6.45, 7) is 1.58. The lowest BCUT2D eigenvalue weighted by molar-refractivity contribution is 0.180. The molecule has 0 aliphatic heterocycles. The van der Waals surface area contributed by atoms with Crippen LogP contribution in [0.4, 0.5) is 0 Å². The van der Waals surface area contributed by atoms with Crippen molar-refractivity contribution >= 4 is 0 Å². The third kappa shape index (κ3) is 6.29. The van der Waals surface area contributed by atoms with E-state index in [2.05, 4.69) is 5.32 Å². The molecule has 1 atom stereocenters. The Balaban J connectivity index is 2.10. The van der Waals surface area contributed by atoms with Crippen molar-refractivity contribution in [2.45, 2.75) is 25.3 Å². The molecule has 0 aliphatic carbocycles. The van der Waals surface area contributed by atoms with Gasteiger partial charge in [0.1, 0.15) is 5.75 Å². The van der Waals surface area contributed by atoms with E-state index in [1.54, 1.807) is 7.11 Å². The van der Waals surface area contributed by atoms with Crippen molar-refractivity contribution in [3.8, 4) is 5.75 Å². The molecule has 0 saturated carbocycles. The second kappa shape index (κ2) is 9.02. The summed E-state index contributed by atoms with van der Waals surface area (Å²) >= 11 is 0. The molecule has 1 rings (SSSR count). The molecule has 0 aliphatic rings. The Hall–Kier alpha value is -1.06. The first-order valence-electron chi connectivity index (χ1n) is 6.21. The fourth-order valence-electron chi connectivity index (χ4n) is 1.73. The van der Waals surface area contributed by atoms with E-state index in [0.717, 1.165) is 38.2 Å². The number of methoxy groups -OCH3 is 1.